The molecule has 1 aromatic rings. The van der Waals surface area contributed by atoms with Gasteiger partial charge in [-0.3, -0.25) is 4.72 Å². The molecule has 0 radical (unpaired) electrons. The van der Waals surface area contributed by atoms with Crippen molar-refractivity contribution in [2.45, 2.75) is 6.36 Å². The van der Waals surface area contributed by atoms with Gasteiger partial charge in [-0.15, -0.1) is 24.8 Å². The van der Waals surface area contributed by atoms with Crippen molar-refractivity contribution < 1.29 is 26.3 Å². The molecule has 1 N–H and O–H groups in total. The number of hydrogen-bond donors (Lipinski definition) is 1. The molecule has 0 atom stereocenters. The topological polar surface area (TPSA) is 55.4 Å². The van der Waals surface area contributed by atoms with E-state index in [0.29, 0.717) is 0 Å². The first-order valence-corrected chi connectivity index (χ1v) is 6.33. The summed E-state index contributed by atoms with van der Waals surface area (Å²) in [6, 6.07) is 4.75. The normalized spacial score (nSPS) is 12.2. The largest absolute Gasteiger partial charge is 0.573 e. The molecule has 4 nitrogen and oxygen atoms in total. The number of hydrogen-bond acceptors (Lipinski definition) is 3. The van der Waals surface area contributed by atoms with Crippen molar-refractivity contribution in [2.75, 3.05) is 9.93 Å². The zero-order valence-corrected chi connectivity index (χ0v) is 9.73. The maximum absolute atomic E-state index is 12.0. The predicted molar refractivity (Wildman–Crippen MR) is 56.4 cm³/mol. The first-order valence-electron chi connectivity index (χ1n) is 4.15. The Bertz CT molecular complexity index is 489. The van der Waals surface area contributed by atoms with Crippen molar-refractivity contribution in [1.29, 1.82) is 0 Å². The molecule has 0 aliphatic rings. The second-order valence-electron chi connectivity index (χ2n) is 2.87. The van der Waals surface area contributed by atoms with Crippen LogP contribution in [0.15, 0.2) is 24.3 Å². The minimum atomic E-state index is -4.90. The molecule has 96 valence electrons. The molecule has 0 aliphatic carbocycles. The van der Waals surface area contributed by atoms with Crippen LogP contribution in [0.4, 0.5) is 18.9 Å². The third-order valence-corrected chi connectivity index (χ3v) is 3.20. The number of ether oxygens (including phenoxy) is 1. The van der Waals surface area contributed by atoms with Gasteiger partial charge in [-0.25, -0.2) is 8.42 Å². The second-order valence-corrected chi connectivity index (χ2v) is 5.18. The van der Waals surface area contributed by atoms with E-state index in [1.54, 1.807) is 0 Å². The zero-order chi connectivity index (χ0) is 13.1. The van der Waals surface area contributed by atoms with Crippen LogP contribution in [0, 0.1) is 0 Å². The van der Waals surface area contributed by atoms with Crippen LogP contribution in [0.5, 0.6) is 5.75 Å². The quantitative estimate of drug-likeness (QED) is 0.867. The van der Waals surface area contributed by atoms with Crippen molar-refractivity contribution in [3.63, 3.8) is 0 Å². The summed E-state index contributed by atoms with van der Waals surface area (Å²) in [5.41, 5.74) is -0.328. The van der Waals surface area contributed by atoms with Crippen LogP contribution in [0.3, 0.4) is 0 Å². The minimum Gasteiger partial charge on any atom is -0.404 e. The lowest BCUT2D eigenvalue weighted by Crippen LogP contribution is -2.20. The van der Waals surface area contributed by atoms with Crippen molar-refractivity contribution in [1.82, 2.24) is 0 Å². The van der Waals surface area contributed by atoms with E-state index in [1.165, 1.54) is 12.1 Å². The molecule has 17 heavy (non-hydrogen) atoms. The number of rotatable bonds is 4. The van der Waals surface area contributed by atoms with Crippen molar-refractivity contribution in [3.8, 4) is 5.75 Å². The lowest BCUT2D eigenvalue weighted by atomic mass is 10.3. The van der Waals surface area contributed by atoms with E-state index in [1.807, 2.05) is 4.72 Å². The highest BCUT2D eigenvalue weighted by Crippen LogP contribution is 2.30. The van der Waals surface area contributed by atoms with Gasteiger partial charge in [0, 0.05) is 0 Å². The average molecular weight is 290 g/mol. The molecule has 9 heteroatoms. The molecule has 0 amide bonds. The summed E-state index contributed by atoms with van der Waals surface area (Å²) in [7, 11) is -3.88. The van der Waals surface area contributed by atoms with Crippen LogP contribution in [-0.2, 0) is 10.0 Å². The summed E-state index contributed by atoms with van der Waals surface area (Å²) < 4.78 is 63.8. The number of sulfonamides is 1. The Morgan fingerprint density at radius 1 is 1.29 bits per heavy atom. The maximum atomic E-state index is 12.0. The number of para-hydroxylation sites is 2. The van der Waals surface area contributed by atoms with E-state index in [9.17, 15) is 21.6 Å². The first kappa shape index (κ1) is 13.9. The Balaban J connectivity index is 3.01. The van der Waals surface area contributed by atoms with E-state index in [4.69, 9.17) is 11.6 Å². The van der Waals surface area contributed by atoms with E-state index in [2.05, 4.69) is 4.74 Å². The van der Waals surface area contributed by atoms with Crippen LogP contribution in [-0.4, -0.2) is 20.0 Å². The Morgan fingerprint density at radius 2 is 1.88 bits per heavy atom. The van der Waals surface area contributed by atoms with Crippen LogP contribution in [0.25, 0.3) is 0 Å². The molecule has 0 heterocycles. The van der Waals surface area contributed by atoms with Gasteiger partial charge in [0.05, 0.1) is 5.69 Å². The fraction of sp³-hybridized carbons (Fsp3) is 0.250. The van der Waals surface area contributed by atoms with Gasteiger partial charge in [0.1, 0.15) is 5.21 Å². The monoisotopic (exact) mass is 289 g/mol. The molecule has 0 aliphatic heterocycles. The van der Waals surface area contributed by atoms with Gasteiger partial charge in [0.15, 0.2) is 5.75 Å². The van der Waals surface area contributed by atoms with Crippen LogP contribution in [0.2, 0.25) is 0 Å². The molecule has 1 aromatic carbocycles. The number of nitrogens with one attached hydrogen (secondary N) is 1. The van der Waals surface area contributed by atoms with E-state index < -0.39 is 27.3 Å². The summed E-state index contributed by atoms with van der Waals surface area (Å²) in [5.74, 6) is -0.645. The third kappa shape index (κ3) is 4.70. The molecule has 0 spiro atoms. The molecule has 1 rings (SSSR count). The first-order chi connectivity index (χ1) is 7.73. The predicted octanol–water partition coefficient (Wildman–Crippen LogP) is 2.52. The summed E-state index contributed by atoms with van der Waals surface area (Å²) >= 11 is 5.12. The summed E-state index contributed by atoms with van der Waals surface area (Å²) in [6.07, 6.45) is -4.90. The molecular weight excluding hydrogens is 283 g/mol. The number of benzene rings is 1. The SMILES string of the molecule is O=S(=O)(CCl)Nc1ccccc1OC(F)(F)F. The highest BCUT2D eigenvalue weighted by molar-refractivity contribution is 7.93. The van der Waals surface area contributed by atoms with Crippen LogP contribution < -0.4 is 9.46 Å². The Kier molecular flexibility index (Phi) is 4.10. The minimum absolute atomic E-state index is 0.328. The van der Waals surface area contributed by atoms with E-state index >= 15 is 0 Å². The van der Waals surface area contributed by atoms with Crippen molar-refractivity contribution in [2.24, 2.45) is 0 Å². The van der Waals surface area contributed by atoms with Crippen LogP contribution >= 0.6 is 11.6 Å². The fourth-order valence-electron chi connectivity index (χ4n) is 0.959. The van der Waals surface area contributed by atoms with Gasteiger partial charge in [-0.05, 0) is 12.1 Å². The lowest BCUT2D eigenvalue weighted by Gasteiger charge is -2.13. The molecular formula is C8H7ClF3NO3S. The molecule has 0 unspecified atom stereocenters. The van der Waals surface area contributed by atoms with Gasteiger partial charge in [0.2, 0.25) is 10.0 Å². The molecule has 0 fully saturated rings. The zero-order valence-electron chi connectivity index (χ0n) is 8.16. The van der Waals surface area contributed by atoms with Gasteiger partial charge in [0.25, 0.3) is 0 Å². The summed E-state index contributed by atoms with van der Waals surface area (Å²) in [4.78, 5) is 0. The highest BCUT2D eigenvalue weighted by Gasteiger charge is 2.32. The van der Waals surface area contributed by atoms with Crippen molar-refractivity contribution >= 4 is 27.3 Å². The summed E-state index contributed by atoms with van der Waals surface area (Å²) in [5, 5.41) is -0.770. The maximum Gasteiger partial charge on any atom is 0.573 e. The van der Waals surface area contributed by atoms with Gasteiger partial charge in [-0.2, -0.15) is 0 Å². The Labute approximate surface area is 100 Å². The number of alkyl halides is 4. The second kappa shape index (κ2) is 5.01. The Morgan fingerprint density at radius 3 is 2.41 bits per heavy atom. The fourth-order valence-corrected chi connectivity index (χ4v) is 1.68. The third-order valence-electron chi connectivity index (χ3n) is 1.52. The molecule has 0 aromatic heterocycles. The van der Waals surface area contributed by atoms with E-state index in [-0.39, 0.29) is 5.69 Å². The van der Waals surface area contributed by atoms with Crippen molar-refractivity contribution in [3.05, 3.63) is 24.3 Å². The molecule has 0 saturated carbocycles. The smallest absolute Gasteiger partial charge is 0.404 e. The molecule has 0 saturated heterocycles. The van der Waals surface area contributed by atoms with Crippen LogP contribution in [0.1, 0.15) is 0 Å². The van der Waals surface area contributed by atoms with Gasteiger partial charge in [-0.1, -0.05) is 12.1 Å². The Hall–Kier alpha value is -1.15. The van der Waals surface area contributed by atoms with Gasteiger partial charge >= 0.3 is 6.36 Å². The van der Waals surface area contributed by atoms with E-state index in [0.717, 1.165) is 12.1 Å². The molecule has 0 bridgehead atoms. The summed E-state index contributed by atoms with van der Waals surface area (Å²) in [6.45, 7) is 0. The highest BCUT2D eigenvalue weighted by atomic mass is 35.5. The number of halogens is 4. The number of anilines is 1. The average Bonchev–Trinajstić information content (AvgIpc) is 2.19. The standard InChI is InChI=1S/C8H7ClF3NO3S/c9-5-17(14,15)13-6-3-1-2-4-7(6)16-8(10,11)12/h1-4,13H,5H2. The van der Waals surface area contributed by atoms with Gasteiger partial charge < -0.3 is 4.74 Å². The lowest BCUT2D eigenvalue weighted by molar-refractivity contribution is -0.274.